The van der Waals surface area contributed by atoms with E-state index in [1.165, 1.54) is 0 Å². The van der Waals surface area contributed by atoms with E-state index in [9.17, 15) is 0 Å². The molecule has 6 N–H and O–H groups in total. The Kier molecular flexibility index (Phi) is 3.64. The second kappa shape index (κ2) is 4.77. The largest absolute Gasteiger partial charge is 0.399 e. The summed E-state index contributed by atoms with van der Waals surface area (Å²) in [4.78, 5) is 0. The average Bonchev–Trinajstić information content (AvgIpc) is 2.20. The topological polar surface area (TPSA) is 78.1 Å². The minimum atomic E-state index is 0. The van der Waals surface area contributed by atoms with Crippen molar-refractivity contribution in [2.75, 3.05) is 17.2 Å². The first-order chi connectivity index (χ1) is 7.16. The molecule has 0 aliphatic heterocycles. The van der Waals surface area contributed by atoms with Crippen LogP contribution in [0.25, 0.3) is 11.1 Å². The molecule has 3 nitrogen and oxygen atoms in total. The molecule has 0 heterocycles. The third-order valence-electron chi connectivity index (χ3n) is 2.30. The lowest BCUT2D eigenvalue weighted by Crippen LogP contribution is -1.93. The summed E-state index contributed by atoms with van der Waals surface area (Å²) < 4.78 is 0. The third-order valence-corrected chi connectivity index (χ3v) is 2.30. The van der Waals surface area contributed by atoms with E-state index in [0.29, 0.717) is 11.4 Å². The summed E-state index contributed by atoms with van der Waals surface area (Å²) in [6.45, 7) is 0. The van der Waals surface area contributed by atoms with Crippen molar-refractivity contribution < 1.29 is 0 Å². The molecule has 16 heavy (non-hydrogen) atoms. The number of nitrogens with two attached hydrogens (primary N) is 3. The van der Waals surface area contributed by atoms with E-state index in [1.54, 1.807) is 6.07 Å². The van der Waals surface area contributed by atoms with Gasteiger partial charge in [-0.15, -0.1) is 12.4 Å². The van der Waals surface area contributed by atoms with Crippen molar-refractivity contribution in [1.29, 1.82) is 0 Å². The van der Waals surface area contributed by atoms with E-state index in [0.717, 1.165) is 16.8 Å². The van der Waals surface area contributed by atoms with Gasteiger partial charge in [-0.1, -0.05) is 18.2 Å². The summed E-state index contributed by atoms with van der Waals surface area (Å²) in [5, 5.41) is 0. The highest BCUT2D eigenvalue weighted by Gasteiger charge is 2.02. The summed E-state index contributed by atoms with van der Waals surface area (Å²) >= 11 is 0. The Bertz CT molecular complexity index is 480. The van der Waals surface area contributed by atoms with Gasteiger partial charge in [-0.3, -0.25) is 0 Å². The average molecular weight is 236 g/mol. The molecule has 0 aromatic heterocycles. The predicted octanol–water partition coefficient (Wildman–Crippen LogP) is 2.52. The first-order valence-electron chi connectivity index (χ1n) is 4.68. The Morgan fingerprint density at radius 3 is 1.81 bits per heavy atom. The van der Waals surface area contributed by atoms with E-state index < -0.39 is 0 Å². The highest BCUT2D eigenvalue weighted by molar-refractivity contribution is 5.85. The molecule has 0 aliphatic carbocycles. The normalized spacial score (nSPS) is 9.50. The van der Waals surface area contributed by atoms with Gasteiger partial charge in [0.05, 0.1) is 0 Å². The molecule has 0 atom stereocenters. The molecule has 0 saturated heterocycles. The van der Waals surface area contributed by atoms with Crippen LogP contribution in [0.5, 0.6) is 0 Å². The molecular formula is C12H14ClN3. The van der Waals surface area contributed by atoms with Gasteiger partial charge in [-0.25, -0.2) is 0 Å². The lowest BCUT2D eigenvalue weighted by molar-refractivity contribution is 1.60. The Balaban J connectivity index is 0.00000128. The Morgan fingerprint density at radius 2 is 1.25 bits per heavy atom. The molecule has 2 rings (SSSR count). The van der Waals surface area contributed by atoms with E-state index in [-0.39, 0.29) is 12.4 Å². The fraction of sp³-hybridized carbons (Fsp3) is 0. The molecule has 2 aromatic rings. The molecular weight excluding hydrogens is 222 g/mol. The Labute approximate surface area is 101 Å². The van der Waals surface area contributed by atoms with Crippen LogP contribution in [0.3, 0.4) is 0 Å². The molecule has 0 spiro atoms. The van der Waals surface area contributed by atoms with Gasteiger partial charge in [0.2, 0.25) is 0 Å². The summed E-state index contributed by atoms with van der Waals surface area (Å²) in [7, 11) is 0. The number of benzene rings is 2. The number of hydrogen-bond acceptors (Lipinski definition) is 3. The van der Waals surface area contributed by atoms with E-state index in [1.807, 2.05) is 36.4 Å². The summed E-state index contributed by atoms with van der Waals surface area (Å²) in [5.74, 6) is 0. The first-order valence-corrected chi connectivity index (χ1v) is 4.68. The van der Waals surface area contributed by atoms with Crippen LogP contribution in [0, 0.1) is 0 Å². The van der Waals surface area contributed by atoms with E-state index in [2.05, 4.69) is 0 Å². The van der Waals surface area contributed by atoms with Crippen LogP contribution < -0.4 is 17.2 Å². The van der Waals surface area contributed by atoms with Crippen molar-refractivity contribution in [2.24, 2.45) is 0 Å². The molecule has 0 aliphatic rings. The lowest BCUT2D eigenvalue weighted by Gasteiger charge is -2.06. The van der Waals surface area contributed by atoms with Gasteiger partial charge in [0.1, 0.15) is 0 Å². The van der Waals surface area contributed by atoms with Crippen molar-refractivity contribution in [3.63, 3.8) is 0 Å². The smallest absolute Gasteiger partial charge is 0.0414 e. The van der Waals surface area contributed by atoms with Gasteiger partial charge in [0, 0.05) is 22.6 Å². The van der Waals surface area contributed by atoms with Gasteiger partial charge in [-0.05, 0) is 29.8 Å². The molecule has 84 valence electrons. The number of rotatable bonds is 1. The van der Waals surface area contributed by atoms with Crippen molar-refractivity contribution in [1.82, 2.24) is 0 Å². The molecule has 0 fully saturated rings. The van der Waals surface area contributed by atoms with Gasteiger partial charge in [0.25, 0.3) is 0 Å². The molecule has 4 heteroatoms. The van der Waals surface area contributed by atoms with Crippen LogP contribution in [0.2, 0.25) is 0 Å². The monoisotopic (exact) mass is 235 g/mol. The maximum absolute atomic E-state index is 5.88. The van der Waals surface area contributed by atoms with Crippen molar-refractivity contribution >= 4 is 29.5 Å². The van der Waals surface area contributed by atoms with Gasteiger partial charge < -0.3 is 17.2 Å². The Hall–Kier alpha value is -1.87. The van der Waals surface area contributed by atoms with Crippen LogP contribution in [-0.4, -0.2) is 0 Å². The summed E-state index contributed by atoms with van der Waals surface area (Å²) in [5.41, 5.74) is 21.2. The van der Waals surface area contributed by atoms with Gasteiger partial charge in [-0.2, -0.15) is 0 Å². The van der Waals surface area contributed by atoms with Crippen molar-refractivity contribution in [2.45, 2.75) is 0 Å². The first kappa shape index (κ1) is 12.2. The molecule has 2 aromatic carbocycles. The van der Waals surface area contributed by atoms with Crippen LogP contribution in [0.15, 0.2) is 42.5 Å². The fourth-order valence-corrected chi connectivity index (χ4v) is 1.51. The maximum atomic E-state index is 5.88. The number of halogens is 1. The van der Waals surface area contributed by atoms with Crippen molar-refractivity contribution in [3.8, 4) is 11.1 Å². The zero-order valence-corrected chi connectivity index (χ0v) is 9.50. The molecule has 0 amide bonds. The Morgan fingerprint density at radius 1 is 0.688 bits per heavy atom. The molecule has 0 saturated carbocycles. The number of nitrogen functional groups attached to an aromatic ring is 3. The quantitative estimate of drug-likeness (QED) is 0.665. The fourth-order valence-electron chi connectivity index (χ4n) is 1.51. The second-order valence-electron chi connectivity index (χ2n) is 3.47. The minimum absolute atomic E-state index is 0. The van der Waals surface area contributed by atoms with Crippen LogP contribution in [0.4, 0.5) is 17.1 Å². The lowest BCUT2D eigenvalue weighted by atomic mass is 10.0. The highest BCUT2D eigenvalue weighted by atomic mass is 35.5. The highest BCUT2D eigenvalue weighted by Crippen LogP contribution is 2.27. The zero-order chi connectivity index (χ0) is 10.8. The minimum Gasteiger partial charge on any atom is -0.399 e. The van der Waals surface area contributed by atoms with Crippen molar-refractivity contribution in [3.05, 3.63) is 42.5 Å². The maximum Gasteiger partial charge on any atom is 0.0414 e. The predicted molar refractivity (Wildman–Crippen MR) is 72.4 cm³/mol. The van der Waals surface area contributed by atoms with Crippen LogP contribution in [0.1, 0.15) is 0 Å². The SMILES string of the molecule is Cl.Nc1ccc(-c2ccc(N)cc2N)cc1. The van der Waals surface area contributed by atoms with Gasteiger partial charge >= 0.3 is 0 Å². The summed E-state index contributed by atoms with van der Waals surface area (Å²) in [6, 6.07) is 13.1. The van der Waals surface area contributed by atoms with E-state index >= 15 is 0 Å². The number of hydrogen-bond donors (Lipinski definition) is 3. The molecule has 0 radical (unpaired) electrons. The molecule has 0 unspecified atom stereocenters. The number of anilines is 3. The van der Waals surface area contributed by atoms with Gasteiger partial charge in [0.15, 0.2) is 0 Å². The molecule has 0 bridgehead atoms. The second-order valence-corrected chi connectivity index (χ2v) is 3.47. The third kappa shape index (κ3) is 2.38. The summed E-state index contributed by atoms with van der Waals surface area (Å²) in [6.07, 6.45) is 0. The zero-order valence-electron chi connectivity index (χ0n) is 8.68. The van der Waals surface area contributed by atoms with Crippen LogP contribution in [-0.2, 0) is 0 Å². The van der Waals surface area contributed by atoms with Crippen LogP contribution >= 0.6 is 12.4 Å². The standard InChI is InChI=1S/C12H13N3.ClH/c13-9-3-1-8(2-4-9)11-6-5-10(14)7-12(11)15;/h1-7H,13-15H2;1H. The van der Waals surface area contributed by atoms with E-state index in [4.69, 9.17) is 17.2 Å².